The molecule has 61 heavy (non-hydrogen) atoms. The number of fused-ring (bicyclic) bond motifs is 3. The van der Waals surface area contributed by atoms with Crippen LogP contribution in [0.15, 0.2) is 144 Å². The van der Waals surface area contributed by atoms with Crippen LogP contribution in [0.5, 0.6) is 0 Å². The van der Waals surface area contributed by atoms with Crippen LogP contribution in [-0.2, 0) is 19.8 Å². The molecule has 6 aromatic rings. The van der Waals surface area contributed by atoms with Gasteiger partial charge in [-0.3, -0.25) is 4.79 Å². The van der Waals surface area contributed by atoms with Crippen molar-refractivity contribution in [1.82, 2.24) is 26.1 Å². The molecule has 5 aromatic carbocycles. The summed E-state index contributed by atoms with van der Waals surface area (Å²) in [6, 6.07) is 44.7. The van der Waals surface area contributed by atoms with Gasteiger partial charge in [-0.1, -0.05) is 153 Å². The maximum atomic E-state index is 14.6. The second-order valence-electron chi connectivity index (χ2n) is 16.4. The van der Waals surface area contributed by atoms with E-state index in [0.717, 1.165) is 51.8 Å². The first-order valence-corrected chi connectivity index (χ1v) is 20.9. The van der Waals surface area contributed by atoms with Gasteiger partial charge in [-0.05, 0) is 72.6 Å². The summed E-state index contributed by atoms with van der Waals surface area (Å²) in [7, 11) is 0. The Hall–Kier alpha value is -6.75. The lowest BCUT2D eigenvalue weighted by atomic mass is 9.77. The number of nitrogens with zero attached hydrogens (tertiary/aromatic N) is 2. The SMILES string of the molecule is C[C@@H](CCCCNC(=O)OC(C)(C)C)c1nnc([C@H](CC(=O)NC(c2ccccc2)(c2ccccc2)c2ccccc2)NC(=O)OCC2c3ccccc3-c3ccccc32)o1. The lowest BCUT2D eigenvalue weighted by Gasteiger charge is -2.37. The predicted molar refractivity (Wildman–Crippen MR) is 234 cm³/mol. The van der Waals surface area contributed by atoms with E-state index in [0.29, 0.717) is 18.9 Å². The van der Waals surface area contributed by atoms with E-state index in [-0.39, 0.29) is 36.7 Å². The van der Waals surface area contributed by atoms with Crippen LogP contribution in [0.1, 0.15) is 111 Å². The molecule has 0 bridgehead atoms. The molecule has 0 saturated heterocycles. The summed E-state index contributed by atoms with van der Waals surface area (Å²) in [6.45, 7) is 8.01. The summed E-state index contributed by atoms with van der Waals surface area (Å²) in [5, 5.41) is 17.8. The minimum Gasteiger partial charge on any atom is -0.449 e. The van der Waals surface area contributed by atoms with E-state index in [1.807, 2.05) is 143 Å². The first-order chi connectivity index (χ1) is 29.5. The molecule has 11 heteroatoms. The van der Waals surface area contributed by atoms with Crippen LogP contribution in [0.3, 0.4) is 0 Å². The molecule has 0 saturated carbocycles. The zero-order chi connectivity index (χ0) is 42.8. The maximum Gasteiger partial charge on any atom is 0.407 e. The zero-order valence-electron chi connectivity index (χ0n) is 35.1. The molecule has 7 rings (SSSR count). The van der Waals surface area contributed by atoms with Crippen molar-refractivity contribution in [3.63, 3.8) is 0 Å². The fourth-order valence-electron chi connectivity index (χ4n) is 8.00. The number of hydrogen-bond acceptors (Lipinski definition) is 8. The first-order valence-electron chi connectivity index (χ1n) is 20.9. The van der Waals surface area contributed by atoms with Crippen LogP contribution in [0.4, 0.5) is 9.59 Å². The first kappa shape index (κ1) is 42.4. The average Bonchev–Trinajstić information content (AvgIpc) is 3.89. The molecule has 0 radical (unpaired) electrons. The molecule has 1 aliphatic carbocycles. The summed E-state index contributed by atoms with van der Waals surface area (Å²) in [5.41, 5.74) is 5.33. The highest BCUT2D eigenvalue weighted by Crippen LogP contribution is 2.44. The van der Waals surface area contributed by atoms with Gasteiger partial charge in [0.05, 0.1) is 6.42 Å². The number of benzene rings is 5. The van der Waals surface area contributed by atoms with Crippen molar-refractivity contribution < 1.29 is 28.3 Å². The predicted octanol–water partition coefficient (Wildman–Crippen LogP) is 9.95. The number of carbonyl (C=O) groups excluding carboxylic acids is 3. The Morgan fingerprint density at radius 2 is 1.18 bits per heavy atom. The fraction of sp³-hybridized carbons (Fsp3) is 0.300. The molecule has 3 N–H and O–H groups in total. The second kappa shape index (κ2) is 19.1. The zero-order valence-corrected chi connectivity index (χ0v) is 35.1. The highest BCUT2D eigenvalue weighted by atomic mass is 16.6. The number of unbranched alkanes of at least 4 members (excludes halogenated alkanes) is 1. The van der Waals surface area contributed by atoms with E-state index in [2.05, 4.69) is 50.4 Å². The Morgan fingerprint density at radius 3 is 1.72 bits per heavy atom. The number of alkyl carbamates (subject to hydrolysis) is 2. The van der Waals surface area contributed by atoms with Crippen LogP contribution in [0, 0.1) is 0 Å². The highest BCUT2D eigenvalue weighted by Gasteiger charge is 2.39. The topological polar surface area (TPSA) is 145 Å². The second-order valence-corrected chi connectivity index (χ2v) is 16.4. The number of hydrogen-bond donors (Lipinski definition) is 3. The molecule has 0 fully saturated rings. The minimum atomic E-state index is -1.08. The standard InChI is InChI=1S/C50H53N5O6/c1-34(20-18-19-31-51-47(57)61-49(2,3)4)45-54-55-46(60-45)43(52-48(58)59-33-42-40-29-16-14-27-38(40)39-28-15-17-30-41(39)42)32-44(56)53-50(35-21-8-5-9-22-35,36-23-10-6-11-24-36)37-25-12-7-13-26-37/h5-17,21-30,34,42-43H,18-20,31-33H2,1-4H3,(H,51,57)(H,52,58)(H,53,56)/t34-,43-/m0/s1. The van der Waals surface area contributed by atoms with Crippen LogP contribution in [-0.4, -0.2) is 47.0 Å². The lowest BCUT2D eigenvalue weighted by Crippen LogP contribution is -2.48. The number of aromatic nitrogens is 2. The Bertz CT molecular complexity index is 2250. The number of ether oxygens (including phenoxy) is 2. The van der Waals surface area contributed by atoms with Crippen LogP contribution in [0.2, 0.25) is 0 Å². The lowest BCUT2D eigenvalue weighted by molar-refractivity contribution is -0.123. The summed E-state index contributed by atoms with van der Waals surface area (Å²) < 4.78 is 17.5. The highest BCUT2D eigenvalue weighted by molar-refractivity contribution is 5.81. The van der Waals surface area contributed by atoms with E-state index in [1.165, 1.54) is 0 Å². The van der Waals surface area contributed by atoms with Crippen molar-refractivity contribution in [1.29, 1.82) is 0 Å². The molecule has 0 unspecified atom stereocenters. The van der Waals surface area contributed by atoms with Crippen molar-refractivity contribution in [3.8, 4) is 11.1 Å². The molecule has 11 nitrogen and oxygen atoms in total. The van der Waals surface area contributed by atoms with Crippen LogP contribution < -0.4 is 16.0 Å². The summed E-state index contributed by atoms with van der Waals surface area (Å²) in [6.07, 6.45) is 0.808. The van der Waals surface area contributed by atoms with E-state index < -0.39 is 29.4 Å². The van der Waals surface area contributed by atoms with Gasteiger partial charge in [0.25, 0.3) is 0 Å². The van der Waals surface area contributed by atoms with Crippen molar-refractivity contribution in [3.05, 3.63) is 179 Å². The molecule has 2 atom stereocenters. The Kier molecular flexibility index (Phi) is 13.3. The van der Waals surface area contributed by atoms with E-state index in [9.17, 15) is 14.4 Å². The quantitative estimate of drug-likeness (QED) is 0.0647. The molecule has 1 aliphatic rings. The van der Waals surface area contributed by atoms with Gasteiger partial charge in [-0.2, -0.15) is 0 Å². The van der Waals surface area contributed by atoms with Crippen molar-refractivity contribution in [2.24, 2.45) is 0 Å². The summed E-state index contributed by atoms with van der Waals surface area (Å²) in [4.78, 5) is 40.5. The number of amides is 3. The van der Waals surface area contributed by atoms with Gasteiger partial charge in [-0.25, -0.2) is 9.59 Å². The van der Waals surface area contributed by atoms with Gasteiger partial charge in [0.2, 0.25) is 17.7 Å². The number of nitrogens with one attached hydrogen (secondary N) is 3. The van der Waals surface area contributed by atoms with E-state index in [1.54, 1.807) is 0 Å². The van der Waals surface area contributed by atoms with Crippen LogP contribution >= 0.6 is 0 Å². The average molecular weight is 820 g/mol. The third-order valence-electron chi connectivity index (χ3n) is 10.9. The molecule has 1 aromatic heterocycles. The largest absolute Gasteiger partial charge is 0.449 e. The number of rotatable bonds is 16. The van der Waals surface area contributed by atoms with Gasteiger partial charge >= 0.3 is 12.2 Å². The summed E-state index contributed by atoms with van der Waals surface area (Å²) in [5.74, 6) is -0.193. The number of carbonyl (C=O) groups is 3. The van der Waals surface area contributed by atoms with Gasteiger partial charge in [-0.15, -0.1) is 10.2 Å². The van der Waals surface area contributed by atoms with Crippen molar-refractivity contribution >= 4 is 18.1 Å². The fourth-order valence-corrected chi connectivity index (χ4v) is 8.00. The van der Waals surface area contributed by atoms with Crippen LogP contribution in [0.25, 0.3) is 11.1 Å². The smallest absolute Gasteiger partial charge is 0.407 e. The molecular weight excluding hydrogens is 767 g/mol. The van der Waals surface area contributed by atoms with Crippen molar-refractivity contribution in [2.45, 2.75) is 82.4 Å². The molecule has 3 amide bonds. The van der Waals surface area contributed by atoms with Gasteiger partial charge < -0.3 is 29.8 Å². The normalized spacial score (nSPS) is 13.3. The summed E-state index contributed by atoms with van der Waals surface area (Å²) >= 11 is 0. The van der Waals surface area contributed by atoms with E-state index in [4.69, 9.17) is 13.9 Å². The van der Waals surface area contributed by atoms with Gasteiger partial charge in [0.1, 0.15) is 23.8 Å². The van der Waals surface area contributed by atoms with E-state index >= 15 is 0 Å². The molecular formula is C50H53N5O6. The molecule has 314 valence electrons. The van der Waals surface area contributed by atoms with Crippen molar-refractivity contribution in [2.75, 3.05) is 13.2 Å². The third-order valence-corrected chi connectivity index (χ3v) is 10.9. The Morgan fingerprint density at radius 1 is 0.672 bits per heavy atom. The Labute approximate surface area is 357 Å². The molecule has 0 spiro atoms. The molecule has 1 heterocycles. The third kappa shape index (κ3) is 10.2. The van der Waals surface area contributed by atoms with Gasteiger partial charge in [0, 0.05) is 18.4 Å². The minimum absolute atomic E-state index is 0.0850. The maximum absolute atomic E-state index is 14.6. The molecule has 0 aliphatic heterocycles. The Balaban J connectivity index is 1.11. The van der Waals surface area contributed by atoms with Gasteiger partial charge in [0.15, 0.2) is 0 Å². The monoisotopic (exact) mass is 819 g/mol.